The fourth-order valence-electron chi connectivity index (χ4n) is 1.24. The van der Waals surface area contributed by atoms with E-state index in [9.17, 15) is 13.6 Å². The second kappa shape index (κ2) is 7.56. The third kappa shape index (κ3) is 7.24. The molecule has 0 saturated carbocycles. The quantitative estimate of drug-likeness (QED) is 0.908. The van der Waals surface area contributed by atoms with Crippen LogP contribution in [0.15, 0.2) is 30.2 Å². The van der Waals surface area contributed by atoms with Crippen molar-refractivity contribution in [2.45, 2.75) is 26.4 Å². The van der Waals surface area contributed by atoms with Gasteiger partial charge in [-0.15, -0.1) is 0 Å². The first kappa shape index (κ1) is 16.9. The number of carbonyl (C=O) groups is 1. The van der Waals surface area contributed by atoms with Crippen LogP contribution >= 0.6 is 0 Å². The van der Waals surface area contributed by atoms with E-state index >= 15 is 0 Å². The number of rotatable bonds is 5. The van der Waals surface area contributed by atoms with Crippen molar-refractivity contribution in [2.24, 2.45) is 0 Å². The Balaban J connectivity index is 2.39. The van der Waals surface area contributed by atoms with Crippen LogP contribution in [0.4, 0.5) is 13.6 Å². The van der Waals surface area contributed by atoms with E-state index in [1.54, 1.807) is 20.8 Å². The van der Waals surface area contributed by atoms with Crippen LogP contribution in [0.2, 0.25) is 0 Å². The van der Waals surface area contributed by atoms with Gasteiger partial charge in [-0.05, 0) is 26.8 Å². The van der Waals surface area contributed by atoms with E-state index < -0.39 is 17.5 Å². The molecule has 0 aliphatic carbocycles. The molecule has 0 aliphatic rings. The van der Waals surface area contributed by atoms with Crippen LogP contribution in [0.1, 0.15) is 20.8 Å². The van der Waals surface area contributed by atoms with Gasteiger partial charge in [-0.2, -0.15) is 0 Å². The third-order valence-corrected chi connectivity index (χ3v) is 2.12. The van der Waals surface area contributed by atoms with Gasteiger partial charge in [-0.3, -0.25) is 0 Å². The Labute approximate surface area is 122 Å². The van der Waals surface area contributed by atoms with E-state index in [2.05, 4.69) is 10.3 Å². The summed E-state index contributed by atoms with van der Waals surface area (Å²) in [7, 11) is 0. The minimum atomic E-state index is -0.651. The molecule has 1 aromatic rings. The molecule has 5 nitrogen and oxygen atoms in total. The molecule has 0 spiro atoms. The van der Waals surface area contributed by atoms with Crippen molar-refractivity contribution in [3.63, 3.8) is 0 Å². The van der Waals surface area contributed by atoms with Gasteiger partial charge in [0.15, 0.2) is 0 Å². The first-order valence-electron chi connectivity index (χ1n) is 6.29. The molecular weight excluding hydrogens is 282 g/mol. The lowest BCUT2D eigenvalue weighted by molar-refractivity contribution is 0.0531. The highest BCUT2D eigenvalue weighted by Crippen LogP contribution is 2.09. The zero-order chi connectivity index (χ0) is 15.9. The van der Waals surface area contributed by atoms with Crippen molar-refractivity contribution < 1.29 is 23.0 Å². The maximum Gasteiger partial charge on any atom is 0.407 e. The van der Waals surface area contributed by atoms with Crippen LogP contribution in [0.3, 0.4) is 0 Å². The number of nitrogens with one attached hydrogen (secondary N) is 1. The molecule has 7 heteroatoms. The van der Waals surface area contributed by atoms with Crippen LogP contribution < -0.4 is 10.1 Å². The summed E-state index contributed by atoms with van der Waals surface area (Å²) < 4.78 is 35.5. The van der Waals surface area contributed by atoms with Gasteiger partial charge in [0.05, 0.1) is 12.5 Å². The number of aromatic nitrogens is 1. The number of amides is 1. The van der Waals surface area contributed by atoms with Crippen LogP contribution in [-0.4, -0.2) is 29.8 Å². The molecular formula is C14H18F2N2O3. The second-order valence-electron chi connectivity index (χ2n) is 5.23. The number of ether oxygens (including phenoxy) is 2. The van der Waals surface area contributed by atoms with E-state index in [1.807, 2.05) is 0 Å². The number of carbonyl (C=O) groups excluding carboxylic acids is 1. The molecule has 21 heavy (non-hydrogen) atoms. The van der Waals surface area contributed by atoms with Gasteiger partial charge in [-0.25, -0.2) is 18.6 Å². The van der Waals surface area contributed by atoms with Crippen molar-refractivity contribution in [1.82, 2.24) is 10.3 Å². The standard InChI is InChI=1S/C14H18F2N2O3/c1-14(2,3)21-13(19)18-7-10(6-15)9-20-12-5-4-11(16)8-17-12/h4-6,8H,7,9H2,1-3H3,(H,18,19)/b10-6+. The number of pyridine rings is 1. The first-order valence-corrected chi connectivity index (χ1v) is 6.29. The van der Waals surface area contributed by atoms with Gasteiger partial charge < -0.3 is 14.8 Å². The van der Waals surface area contributed by atoms with Crippen molar-refractivity contribution in [3.8, 4) is 5.88 Å². The van der Waals surface area contributed by atoms with Crippen LogP contribution in [-0.2, 0) is 4.74 Å². The minimum Gasteiger partial charge on any atom is -0.473 e. The van der Waals surface area contributed by atoms with E-state index in [4.69, 9.17) is 9.47 Å². The van der Waals surface area contributed by atoms with E-state index in [0.717, 1.165) is 6.20 Å². The van der Waals surface area contributed by atoms with Gasteiger partial charge in [0.1, 0.15) is 18.0 Å². The van der Waals surface area contributed by atoms with E-state index in [0.29, 0.717) is 6.33 Å². The van der Waals surface area contributed by atoms with Gasteiger partial charge in [0, 0.05) is 18.2 Å². The SMILES string of the molecule is CC(C)(C)OC(=O)NC/C(=C\F)COc1ccc(F)cn1. The minimum absolute atomic E-state index is 0.0629. The Kier molecular flexibility index (Phi) is 6.08. The highest BCUT2D eigenvalue weighted by Gasteiger charge is 2.16. The average molecular weight is 300 g/mol. The van der Waals surface area contributed by atoms with Crippen molar-refractivity contribution in [3.05, 3.63) is 36.0 Å². The molecule has 0 aromatic carbocycles. The highest BCUT2D eigenvalue weighted by atomic mass is 19.1. The molecule has 1 rings (SSSR count). The molecule has 116 valence electrons. The maximum absolute atomic E-state index is 12.7. The predicted octanol–water partition coefficient (Wildman–Crippen LogP) is 2.98. The first-order chi connectivity index (χ1) is 9.80. The third-order valence-electron chi connectivity index (χ3n) is 2.12. The Hall–Kier alpha value is -2.18. The van der Waals surface area contributed by atoms with Gasteiger partial charge in [0.25, 0.3) is 0 Å². The fourth-order valence-corrected chi connectivity index (χ4v) is 1.24. The van der Waals surface area contributed by atoms with Crippen LogP contribution in [0.5, 0.6) is 5.88 Å². The van der Waals surface area contributed by atoms with Gasteiger partial charge >= 0.3 is 6.09 Å². The summed E-state index contributed by atoms with van der Waals surface area (Å²) >= 11 is 0. The number of halogens is 2. The molecule has 1 aromatic heterocycles. The molecule has 0 fully saturated rings. The fraction of sp³-hybridized carbons (Fsp3) is 0.429. The lowest BCUT2D eigenvalue weighted by Gasteiger charge is -2.20. The average Bonchev–Trinajstić information content (AvgIpc) is 2.39. The van der Waals surface area contributed by atoms with Gasteiger partial charge in [-0.1, -0.05) is 0 Å². The summed E-state index contributed by atoms with van der Waals surface area (Å²) in [5, 5.41) is 2.41. The molecule has 0 atom stereocenters. The summed E-state index contributed by atoms with van der Waals surface area (Å²) in [5.41, 5.74) is -0.440. The van der Waals surface area contributed by atoms with Crippen LogP contribution in [0.25, 0.3) is 0 Å². The number of hydrogen-bond acceptors (Lipinski definition) is 4. The molecule has 0 aliphatic heterocycles. The van der Waals surface area contributed by atoms with E-state index in [-0.39, 0.29) is 24.6 Å². The lowest BCUT2D eigenvalue weighted by atomic mass is 10.2. The van der Waals surface area contributed by atoms with Gasteiger partial charge in [0.2, 0.25) is 5.88 Å². The Morgan fingerprint density at radius 2 is 2.14 bits per heavy atom. The van der Waals surface area contributed by atoms with Crippen molar-refractivity contribution in [2.75, 3.05) is 13.2 Å². The zero-order valence-electron chi connectivity index (χ0n) is 12.2. The summed E-state index contributed by atoms with van der Waals surface area (Å²) in [6.07, 6.45) is 0.676. The zero-order valence-corrected chi connectivity index (χ0v) is 12.2. The van der Waals surface area contributed by atoms with E-state index in [1.165, 1.54) is 12.1 Å². The Morgan fingerprint density at radius 3 is 2.67 bits per heavy atom. The molecule has 1 N–H and O–H groups in total. The molecule has 1 amide bonds. The van der Waals surface area contributed by atoms with Crippen molar-refractivity contribution in [1.29, 1.82) is 0 Å². The normalized spacial score (nSPS) is 12.0. The molecule has 0 radical (unpaired) electrons. The lowest BCUT2D eigenvalue weighted by Crippen LogP contribution is -2.34. The number of nitrogens with zero attached hydrogens (tertiary/aromatic N) is 1. The topological polar surface area (TPSA) is 60.5 Å². The summed E-state index contributed by atoms with van der Waals surface area (Å²) in [6, 6.07) is 2.51. The highest BCUT2D eigenvalue weighted by molar-refractivity contribution is 5.68. The predicted molar refractivity (Wildman–Crippen MR) is 73.1 cm³/mol. The monoisotopic (exact) mass is 300 g/mol. The molecule has 1 heterocycles. The number of alkyl carbamates (subject to hydrolysis) is 1. The Bertz CT molecular complexity index is 496. The molecule has 0 saturated heterocycles. The summed E-state index contributed by atoms with van der Waals surface area (Å²) in [5.74, 6) is -0.330. The summed E-state index contributed by atoms with van der Waals surface area (Å²) in [6.45, 7) is 4.99. The second-order valence-corrected chi connectivity index (χ2v) is 5.23. The largest absolute Gasteiger partial charge is 0.473 e. The van der Waals surface area contributed by atoms with Crippen LogP contribution in [0, 0.1) is 5.82 Å². The maximum atomic E-state index is 12.7. The smallest absolute Gasteiger partial charge is 0.407 e. The number of hydrogen-bond donors (Lipinski definition) is 1. The Morgan fingerprint density at radius 1 is 1.43 bits per heavy atom. The van der Waals surface area contributed by atoms with Crippen molar-refractivity contribution >= 4 is 6.09 Å². The summed E-state index contributed by atoms with van der Waals surface area (Å²) in [4.78, 5) is 15.1. The molecule has 0 unspecified atom stereocenters. The molecule has 0 bridgehead atoms.